The number of rotatable bonds is 8. The first kappa shape index (κ1) is 14.5. The third kappa shape index (κ3) is 4.92. The Balaban J connectivity index is 1.80. The Bertz CT molecular complexity index is 387. The van der Waals surface area contributed by atoms with Crippen molar-refractivity contribution >= 4 is 0 Å². The molecular weight excluding hydrogens is 234 g/mol. The lowest BCUT2D eigenvalue weighted by molar-refractivity contribution is 0.198. The lowest BCUT2D eigenvalue weighted by atomic mass is 10.2. The lowest BCUT2D eigenvalue weighted by Gasteiger charge is -2.27. The first-order valence-electron chi connectivity index (χ1n) is 7.59. The molecule has 0 bridgehead atoms. The monoisotopic (exact) mass is 261 g/mol. The molecule has 0 saturated heterocycles. The normalized spacial score (nSPS) is 16.8. The minimum atomic E-state index is 0.610. The Morgan fingerprint density at radius 1 is 1.42 bits per heavy atom. The highest BCUT2D eigenvalue weighted by Crippen LogP contribution is 2.18. The molecule has 3 nitrogen and oxygen atoms in total. The van der Waals surface area contributed by atoms with Crippen molar-refractivity contribution in [3.63, 3.8) is 0 Å². The van der Waals surface area contributed by atoms with Crippen molar-refractivity contribution in [3.8, 4) is 0 Å². The standard InChI is InChI=1S/C16H27N3/c1-4-19(12-16-7-5-6-13(2)18-16)14(3)10-11-17-15-8-9-15/h5-7,14-15,17H,4,8-12H2,1-3H3. The molecule has 0 aromatic carbocycles. The zero-order valence-electron chi connectivity index (χ0n) is 12.5. The van der Waals surface area contributed by atoms with E-state index in [0.717, 1.165) is 31.4 Å². The molecule has 1 fully saturated rings. The predicted octanol–water partition coefficient (Wildman–Crippen LogP) is 2.74. The second-order valence-electron chi connectivity index (χ2n) is 5.70. The fourth-order valence-corrected chi connectivity index (χ4v) is 2.44. The van der Waals surface area contributed by atoms with Crippen LogP contribution in [-0.4, -0.2) is 35.1 Å². The first-order valence-corrected chi connectivity index (χ1v) is 7.59. The maximum absolute atomic E-state index is 4.60. The van der Waals surface area contributed by atoms with Crippen LogP contribution in [0, 0.1) is 6.92 Å². The van der Waals surface area contributed by atoms with Gasteiger partial charge in [-0.3, -0.25) is 9.88 Å². The zero-order chi connectivity index (χ0) is 13.7. The maximum Gasteiger partial charge on any atom is 0.0547 e. The molecule has 0 radical (unpaired) electrons. The molecule has 1 heterocycles. The van der Waals surface area contributed by atoms with Gasteiger partial charge in [-0.15, -0.1) is 0 Å². The van der Waals surface area contributed by atoms with Crippen molar-refractivity contribution in [2.45, 2.75) is 58.7 Å². The molecule has 1 aromatic heterocycles. The summed E-state index contributed by atoms with van der Waals surface area (Å²) in [7, 11) is 0. The summed E-state index contributed by atoms with van der Waals surface area (Å²) >= 11 is 0. The van der Waals surface area contributed by atoms with Crippen molar-refractivity contribution in [2.75, 3.05) is 13.1 Å². The molecular formula is C16H27N3. The summed E-state index contributed by atoms with van der Waals surface area (Å²) in [6.45, 7) is 9.81. The summed E-state index contributed by atoms with van der Waals surface area (Å²) in [6, 6.07) is 7.72. The fraction of sp³-hybridized carbons (Fsp3) is 0.688. The first-order chi connectivity index (χ1) is 9.19. The van der Waals surface area contributed by atoms with E-state index in [2.05, 4.69) is 54.2 Å². The second kappa shape index (κ2) is 7.01. The van der Waals surface area contributed by atoms with E-state index in [-0.39, 0.29) is 0 Å². The van der Waals surface area contributed by atoms with E-state index in [4.69, 9.17) is 0 Å². The molecule has 1 N–H and O–H groups in total. The number of nitrogens with zero attached hydrogens (tertiary/aromatic N) is 2. The van der Waals surface area contributed by atoms with Crippen molar-refractivity contribution in [1.82, 2.24) is 15.2 Å². The summed E-state index contributed by atoms with van der Waals surface area (Å²) in [6.07, 6.45) is 3.97. The molecule has 3 heteroatoms. The van der Waals surface area contributed by atoms with Crippen molar-refractivity contribution in [3.05, 3.63) is 29.6 Å². The molecule has 0 aliphatic heterocycles. The van der Waals surface area contributed by atoms with Crippen LogP contribution in [0.15, 0.2) is 18.2 Å². The van der Waals surface area contributed by atoms with E-state index in [1.165, 1.54) is 25.0 Å². The number of aryl methyl sites for hydroxylation is 1. The predicted molar refractivity (Wildman–Crippen MR) is 80.2 cm³/mol. The summed E-state index contributed by atoms with van der Waals surface area (Å²) in [5.41, 5.74) is 2.29. The van der Waals surface area contributed by atoms with Crippen molar-refractivity contribution in [2.24, 2.45) is 0 Å². The molecule has 1 atom stereocenters. The topological polar surface area (TPSA) is 28.2 Å². The molecule has 0 spiro atoms. The van der Waals surface area contributed by atoms with Gasteiger partial charge in [-0.25, -0.2) is 0 Å². The van der Waals surface area contributed by atoms with Gasteiger partial charge in [0.1, 0.15) is 0 Å². The van der Waals surface area contributed by atoms with Gasteiger partial charge in [-0.2, -0.15) is 0 Å². The van der Waals surface area contributed by atoms with E-state index >= 15 is 0 Å². The van der Waals surface area contributed by atoms with E-state index in [1.807, 2.05) is 0 Å². The van der Waals surface area contributed by atoms with Crippen LogP contribution < -0.4 is 5.32 Å². The smallest absolute Gasteiger partial charge is 0.0547 e. The Hall–Kier alpha value is -0.930. The van der Waals surface area contributed by atoms with E-state index < -0.39 is 0 Å². The molecule has 1 aliphatic rings. The van der Waals surface area contributed by atoms with Gasteiger partial charge in [0.2, 0.25) is 0 Å². The Labute approximate surface area is 117 Å². The molecule has 0 amide bonds. The van der Waals surface area contributed by atoms with Crippen LogP contribution in [0.3, 0.4) is 0 Å². The summed E-state index contributed by atoms with van der Waals surface area (Å²) in [5.74, 6) is 0. The van der Waals surface area contributed by atoms with Crippen LogP contribution in [0.25, 0.3) is 0 Å². The summed E-state index contributed by atoms with van der Waals surface area (Å²) < 4.78 is 0. The highest BCUT2D eigenvalue weighted by atomic mass is 15.2. The van der Waals surface area contributed by atoms with Crippen molar-refractivity contribution < 1.29 is 0 Å². The largest absolute Gasteiger partial charge is 0.314 e. The van der Waals surface area contributed by atoms with Gasteiger partial charge in [0.15, 0.2) is 0 Å². The van der Waals surface area contributed by atoms with Crippen LogP contribution in [0.2, 0.25) is 0 Å². The van der Waals surface area contributed by atoms with E-state index in [9.17, 15) is 0 Å². The highest BCUT2D eigenvalue weighted by Gasteiger charge is 2.20. The molecule has 1 unspecified atom stereocenters. The van der Waals surface area contributed by atoms with Gasteiger partial charge in [0, 0.05) is 24.3 Å². The number of pyridine rings is 1. The molecule has 106 valence electrons. The third-order valence-corrected chi connectivity index (χ3v) is 3.91. The van der Waals surface area contributed by atoms with E-state index in [0.29, 0.717) is 6.04 Å². The molecule has 1 saturated carbocycles. The lowest BCUT2D eigenvalue weighted by Crippen LogP contribution is -2.35. The SMILES string of the molecule is CCN(Cc1cccc(C)n1)C(C)CCNC1CC1. The van der Waals surface area contributed by atoms with Crippen LogP contribution in [0.4, 0.5) is 0 Å². The van der Waals surface area contributed by atoms with Crippen LogP contribution in [0.5, 0.6) is 0 Å². The fourth-order valence-electron chi connectivity index (χ4n) is 2.44. The number of nitrogens with one attached hydrogen (secondary N) is 1. The van der Waals surface area contributed by atoms with Gasteiger partial charge in [0.25, 0.3) is 0 Å². The summed E-state index contributed by atoms with van der Waals surface area (Å²) in [4.78, 5) is 7.11. The number of hydrogen-bond acceptors (Lipinski definition) is 3. The van der Waals surface area contributed by atoms with Gasteiger partial charge < -0.3 is 5.32 Å². The van der Waals surface area contributed by atoms with Gasteiger partial charge in [-0.05, 0) is 58.3 Å². The van der Waals surface area contributed by atoms with Crippen LogP contribution in [0.1, 0.15) is 44.5 Å². The number of hydrogen-bond donors (Lipinski definition) is 1. The van der Waals surface area contributed by atoms with Gasteiger partial charge in [0.05, 0.1) is 5.69 Å². The summed E-state index contributed by atoms with van der Waals surface area (Å²) in [5, 5.41) is 3.60. The molecule has 19 heavy (non-hydrogen) atoms. The molecule has 1 aliphatic carbocycles. The minimum absolute atomic E-state index is 0.610. The zero-order valence-corrected chi connectivity index (χ0v) is 12.5. The van der Waals surface area contributed by atoms with Crippen LogP contribution >= 0.6 is 0 Å². The maximum atomic E-state index is 4.60. The molecule has 2 rings (SSSR count). The Kier molecular flexibility index (Phi) is 5.34. The quantitative estimate of drug-likeness (QED) is 0.780. The van der Waals surface area contributed by atoms with Crippen molar-refractivity contribution in [1.29, 1.82) is 0 Å². The van der Waals surface area contributed by atoms with Gasteiger partial charge in [-0.1, -0.05) is 13.0 Å². The second-order valence-corrected chi connectivity index (χ2v) is 5.70. The average molecular weight is 261 g/mol. The Morgan fingerprint density at radius 3 is 2.84 bits per heavy atom. The highest BCUT2D eigenvalue weighted by molar-refractivity contribution is 5.09. The Morgan fingerprint density at radius 2 is 2.21 bits per heavy atom. The average Bonchev–Trinajstić information content (AvgIpc) is 3.20. The molecule has 1 aromatic rings. The van der Waals surface area contributed by atoms with E-state index in [1.54, 1.807) is 0 Å². The van der Waals surface area contributed by atoms with Gasteiger partial charge >= 0.3 is 0 Å². The number of aromatic nitrogens is 1. The van der Waals surface area contributed by atoms with Crippen LogP contribution in [-0.2, 0) is 6.54 Å². The third-order valence-electron chi connectivity index (χ3n) is 3.91. The minimum Gasteiger partial charge on any atom is -0.314 e.